The summed E-state index contributed by atoms with van der Waals surface area (Å²) >= 11 is 5.52. The summed E-state index contributed by atoms with van der Waals surface area (Å²) < 4.78 is 43.7. The van der Waals surface area contributed by atoms with E-state index in [9.17, 15) is 22.4 Å². The highest BCUT2D eigenvalue weighted by Gasteiger charge is 2.16. The van der Waals surface area contributed by atoms with Crippen molar-refractivity contribution < 1.29 is 27.1 Å². The second-order valence-corrected chi connectivity index (χ2v) is 6.54. The van der Waals surface area contributed by atoms with Crippen LogP contribution in [0.25, 0.3) is 0 Å². The van der Waals surface area contributed by atoms with Crippen molar-refractivity contribution in [1.29, 1.82) is 0 Å². The molecule has 10 heteroatoms. The molecule has 0 unspecified atom stereocenters. The highest BCUT2D eigenvalue weighted by atomic mass is 35.5. The van der Waals surface area contributed by atoms with Gasteiger partial charge in [0.05, 0.1) is 22.9 Å². The van der Waals surface area contributed by atoms with E-state index in [1.54, 1.807) is 0 Å². The van der Waals surface area contributed by atoms with E-state index in [1.807, 2.05) is 0 Å². The highest BCUT2D eigenvalue weighted by molar-refractivity contribution is 7.89. The Hall–Kier alpha value is -2.15. The maximum absolute atomic E-state index is 13.0. The van der Waals surface area contributed by atoms with Gasteiger partial charge in [-0.15, -0.1) is 6.42 Å². The summed E-state index contributed by atoms with van der Waals surface area (Å²) in [5.74, 6) is 0.0909. The fraction of sp³-hybridized carbons (Fsp3) is 0.286. The number of sulfonamides is 1. The number of esters is 1. The first-order chi connectivity index (χ1) is 11.3. The number of amides is 1. The lowest BCUT2D eigenvalue weighted by Gasteiger charge is -2.08. The van der Waals surface area contributed by atoms with Crippen LogP contribution < -0.4 is 10.0 Å². The molecule has 24 heavy (non-hydrogen) atoms. The van der Waals surface area contributed by atoms with Crippen LogP contribution in [0.2, 0.25) is 5.02 Å². The van der Waals surface area contributed by atoms with Crippen LogP contribution in [-0.4, -0.2) is 40.0 Å². The molecule has 0 aliphatic carbocycles. The second-order valence-electron chi connectivity index (χ2n) is 4.37. The zero-order chi connectivity index (χ0) is 18.2. The maximum atomic E-state index is 13.0. The Morgan fingerprint density at radius 3 is 2.71 bits per heavy atom. The SMILES string of the molecule is C#CCNC(=O)COC(=O)CCNS(=O)(=O)c1ccc(F)c(Cl)c1. The van der Waals surface area contributed by atoms with E-state index in [1.165, 1.54) is 0 Å². The van der Waals surface area contributed by atoms with Crippen LogP contribution in [0.4, 0.5) is 4.39 Å². The first-order valence-corrected chi connectivity index (χ1v) is 8.43. The number of rotatable bonds is 8. The van der Waals surface area contributed by atoms with Gasteiger partial charge in [0.15, 0.2) is 6.61 Å². The summed E-state index contributed by atoms with van der Waals surface area (Å²) in [4.78, 5) is 22.3. The van der Waals surface area contributed by atoms with Crippen molar-refractivity contribution in [1.82, 2.24) is 10.0 Å². The molecule has 1 aromatic rings. The van der Waals surface area contributed by atoms with Gasteiger partial charge >= 0.3 is 5.97 Å². The van der Waals surface area contributed by atoms with Crippen LogP contribution in [0.3, 0.4) is 0 Å². The summed E-state index contributed by atoms with van der Waals surface area (Å²) in [6.07, 6.45) is 4.64. The molecule has 0 saturated heterocycles. The molecule has 0 atom stereocenters. The first kappa shape index (κ1) is 19.9. The number of halogens is 2. The molecule has 1 rings (SSSR count). The normalized spacial score (nSPS) is 10.7. The lowest BCUT2D eigenvalue weighted by atomic mass is 10.3. The fourth-order valence-electron chi connectivity index (χ4n) is 1.43. The van der Waals surface area contributed by atoms with Crippen LogP contribution in [0.5, 0.6) is 0 Å². The standard InChI is InChI=1S/C14H14ClFN2O5S/c1-2-6-17-13(19)9-23-14(20)5-7-18-24(21,22)10-3-4-12(16)11(15)8-10/h1,3-4,8,18H,5-7,9H2,(H,17,19). The third kappa shape index (κ3) is 6.54. The van der Waals surface area contributed by atoms with Gasteiger partial charge in [0.25, 0.3) is 5.91 Å². The third-order valence-electron chi connectivity index (χ3n) is 2.57. The Labute approximate surface area is 143 Å². The molecular formula is C14H14ClFN2O5S. The number of carbonyl (C=O) groups excluding carboxylic acids is 2. The van der Waals surface area contributed by atoms with Gasteiger partial charge in [0.2, 0.25) is 10.0 Å². The predicted octanol–water partition coefficient (Wildman–Crippen LogP) is 0.440. The van der Waals surface area contributed by atoms with E-state index in [0.717, 1.165) is 18.2 Å². The van der Waals surface area contributed by atoms with E-state index in [2.05, 4.69) is 20.7 Å². The number of benzene rings is 1. The summed E-state index contributed by atoms with van der Waals surface area (Å²) in [7, 11) is -3.95. The molecule has 2 N–H and O–H groups in total. The van der Waals surface area contributed by atoms with Crippen molar-refractivity contribution in [2.24, 2.45) is 0 Å². The zero-order valence-corrected chi connectivity index (χ0v) is 13.9. The summed E-state index contributed by atoms with van der Waals surface area (Å²) in [5.41, 5.74) is 0. The Bertz CT molecular complexity index is 761. The Morgan fingerprint density at radius 2 is 2.08 bits per heavy atom. The van der Waals surface area contributed by atoms with Gasteiger partial charge in [0, 0.05) is 6.54 Å². The van der Waals surface area contributed by atoms with Gasteiger partial charge < -0.3 is 10.1 Å². The molecule has 7 nitrogen and oxygen atoms in total. The molecule has 0 fully saturated rings. The van der Waals surface area contributed by atoms with Crippen LogP contribution in [-0.2, 0) is 24.3 Å². The van der Waals surface area contributed by atoms with Crippen molar-refractivity contribution in [2.45, 2.75) is 11.3 Å². The minimum Gasteiger partial charge on any atom is -0.456 e. The number of hydrogen-bond donors (Lipinski definition) is 2. The monoisotopic (exact) mass is 376 g/mol. The molecule has 1 aromatic carbocycles. The molecule has 0 radical (unpaired) electrons. The van der Waals surface area contributed by atoms with Gasteiger partial charge in [-0.05, 0) is 18.2 Å². The van der Waals surface area contributed by atoms with E-state index >= 15 is 0 Å². The maximum Gasteiger partial charge on any atom is 0.307 e. The molecule has 0 bridgehead atoms. The molecular weight excluding hydrogens is 363 g/mol. The van der Waals surface area contributed by atoms with Gasteiger partial charge in [-0.1, -0.05) is 17.5 Å². The highest BCUT2D eigenvalue weighted by Crippen LogP contribution is 2.19. The average Bonchev–Trinajstić information content (AvgIpc) is 2.53. The lowest BCUT2D eigenvalue weighted by molar-refractivity contribution is -0.148. The number of nitrogens with one attached hydrogen (secondary N) is 2. The minimum atomic E-state index is -3.95. The molecule has 0 aliphatic rings. The summed E-state index contributed by atoms with van der Waals surface area (Å²) in [5, 5.41) is 1.95. The number of ether oxygens (including phenoxy) is 1. The van der Waals surface area contributed by atoms with Gasteiger partial charge in [-0.2, -0.15) is 0 Å². The van der Waals surface area contributed by atoms with Crippen molar-refractivity contribution >= 4 is 33.5 Å². The summed E-state index contributed by atoms with van der Waals surface area (Å²) in [6.45, 7) is -0.765. The number of terminal acetylenes is 1. The smallest absolute Gasteiger partial charge is 0.307 e. The number of hydrogen-bond acceptors (Lipinski definition) is 5. The fourth-order valence-corrected chi connectivity index (χ4v) is 2.74. The topological polar surface area (TPSA) is 102 Å². The van der Waals surface area contributed by atoms with Gasteiger partial charge in [-0.25, -0.2) is 17.5 Å². The van der Waals surface area contributed by atoms with Gasteiger partial charge in [-0.3, -0.25) is 9.59 Å². The molecule has 0 heterocycles. The predicted molar refractivity (Wildman–Crippen MR) is 84.0 cm³/mol. The van der Waals surface area contributed by atoms with Crippen molar-refractivity contribution in [2.75, 3.05) is 19.7 Å². The third-order valence-corrected chi connectivity index (χ3v) is 4.32. The first-order valence-electron chi connectivity index (χ1n) is 6.57. The van der Waals surface area contributed by atoms with Crippen LogP contribution in [0.1, 0.15) is 6.42 Å². The van der Waals surface area contributed by atoms with E-state index in [-0.39, 0.29) is 29.4 Å². The van der Waals surface area contributed by atoms with E-state index < -0.39 is 34.3 Å². The van der Waals surface area contributed by atoms with E-state index in [0.29, 0.717) is 0 Å². The quantitative estimate of drug-likeness (QED) is 0.506. The molecule has 0 spiro atoms. The molecule has 130 valence electrons. The lowest BCUT2D eigenvalue weighted by Crippen LogP contribution is -2.30. The number of carbonyl (C=O) groups is 2. The zero-order valence-electron chi connectivity index (χ0n) is 12.3. The Balaban J connectivity index is 2.43. The van der Waals surface area contributed by atoms with Crippen LogP contribution in [0, 0.1) is 18.2 Å². The van der Waals surface area contributed by atoms with Crippen molar-refractivity contribution in [3.8, 4) is 12.3 Å². The summed E-state index contributed by atoms with van der Waals surface area (Å²) in [6, 6.07) is 2.91. The minimum absolute atomic E-state index is 0.0103. The molecule has 0 aliphatic heterocycles. The van der Waals surface area contributed by atoms with Crippen molar-refractivity contribution in [3.63, 3.8) is 0 Å². The Morgan fingerprint density at radius 1 is 1.38 bits per heavy atom. The molecule has 0 saturated carbocycles. The van der Waals surface area contributed by atoms with E-state index in [4.69, 9.17) is 18.0 Å². The molecule has 0 aromatic heterocycles. The largest absolute Gasteiger partial charge is 0.456 e. The average molecular weight is 377 g/mol. The van der Waals surface area contributed by atoms with Gasteiger partial charge in [0.1, 0.15) is 5.82 Å². The van der Waals surface area contributed by atoms with Crippen LogP contribution in [0.15, 0.2) is 23.1 Å². The van der Waals surface area contributed by atoms with Crippen molar-refractivity contribution in [3.05, 3.63) is 29.0 Å². The Kier molecular flexibility index (Phi) is 7.64. The second kappa shape index (κ2) is 9.22. The molecule has 1 amide bonds. The van der Waals surface area contributed by atoms with Crippen LogP contribution >= 0.6 is 11.6 Å².